The van der Waals surface area contributed by atoms with E-state index in [0.717, 1.165) is 71.9 Å². The third-order valence-corrected chi connectivity index (χ3v) is 11.3. The van der Waals surface area contributed by atoms with E-state index in [-0.39, 0.29) is 5.41 Å². The van der Waals surface area contributed by atoms with Crippen LogP contribution in [0.5, 0.6) is 0 Å². The minimum absolute atomic E-state index is 0.0793. The lowest BCUT2D eigenvalue weighted by molar-refractivity contribution is 0.660. The van der Waals surface area contributed by atoms with Crippen molar-refractivity contribution in [2.24, 2.45) is 0 Å². The fraction of sp³-hybridized carbons (Fsp3) is 0.0588. The average Bonchev–Trinajstić information content (AvgIpc) is 3.76. The summed E-state index contributed by atoms with van der Waals surface area (Å²) in [6.45, 7) is 4.59. The highest BCUT2D eigenvalue weighted by molar-refractivity contribution is 6.22. The first-order valence-electron chi connectivity index (χ1n) is 19.0. The summed E-state index contributed by atoms with van der Waals surface area (Å²) in [5.74, 6) is 1.88. The second-order valence-electron chi connectivity index (χ2n) is 15.0. The maximum Gasteiger partial charge on any atom is 0.164 e. The largest absolute Gasteiger partial charge is 0.455 e. The van der Waals surface area contributed by atoms with E-state index in [9.17, 15) is 0 Å². The first-order chi connectivity index (χ1) is 27.5. The molecule has 0 saturated carbocycles. The molecule has 0 N–H and O–H groups in total. The van der Waals surface area contributed by atoms with Crippen molar-refractivity contribution in [2.45, 2.75) is 19.3 Å². The van der Waals surface area contributed by atoms with Gasteiger partial charge >= 0.3 is 0 Å². The Morgan fingerprint density at radius 1 is 0.411 bits per heavy atom. The third kappa shape index (κ3) is 5.01. The van der Waals surface area contributed by atoms with Gasteiger partial charge in [-0.15, -0.1) is 0 Å². The molecule has 3 heterocycles. The first-order valence-corrected chi connectivity index (χ1v) is 19.0. The van der Waals surface area contributed by atoms with Gasteiger partial charge < -0.3 is 4.42 Å². The molecule has 56 heavy (non-hydrogen) atoms. The summed E-state index contributed by atoms with van der Waals surface area (Å²) in [7, 11) is 0. The van der Waals surface area contributed by atoms with E-state index >= 15 is 0 Å². The molecule has 5 heteroatoms. The molecule has 0 atom stereocenters. The average molecular weight is 719 g/mol. The van der Waals surface area contributed by atoms with Crippen molar-refractivity contribution in [3.05, 3.63) is 181 Å². The van der Waals surface area contributed by atoms with Gasteiger partial charge in [-0.1, -0.05) is 166 Å². The monoisotopic (exact) mass is 718 g/mol. The molecule has 0 aliphatic heterocycles. The highest BCUT2D eigenvalue weighted by Crippen LogP contribution is 2.49. The normalized spacial score (nSPS) is 13.0. The van der Waals surface area contributed by atoms with Crippen LogP contribution in [0.4, 0.5) is 0 Å². The molecule has 0 fully saturated rings. The highest BCUT2D eigenvalue weighted by Gasteiger charge is 2.35. The fourth-order valence-electron chi connectivity index (χ4n) is 8.56. The van der Waals surface area contributed by atoms with Crippen molar-refractivity contribution in [3.63, 3.8) is 0 Å². The summed E-state index contributed by atoms with van der Waals surface area (Å²) in [6.07, 6.45) is 0. The summed E-state index contributed by atoms with van der Waals surface area (Å²) >= 11 is 0. The Kier molecular flexibility index (Phi) is 7.13. The van der Waals surface area contributed by atoms with Crippen LogP contribution in [-0.2, 0) is 5.41 Å². The predicted octanol–water partition coefficient (Wildman–Crippen LogP) is 13.0. The quantitative estimate of drug-likeness (QED) is 0.177. The molecule has 7 aromatic carbocycles. The van der Waals surface area contributed by atoms with Crippen LogP contribution < -0.4 is 0 Å². The van der Waals surface area contributed by atoms with E-state index in [0.29, 0.717) is 17.5 Å². The van der Waals surface area contributed by atoms with Crippen LogP contribution in [0.15, 0.2) is 174 Å². The van der Waals surface area contributed by atoms with Gasteiger partial charge in [0.05, 0.1) is 22.0 Å². The van der Waals surface area contributed by atoms with Crippen LogP contribution >= 0.6 is 0 Å². The molecule has 5 nitrogen and oxygen atoms in total. The Hall–Kier alpha value is -7.24. The zero-order valence-corrected chi connectivity index (χ0v) is 30.9. The number of furan rings is 1. The van der Waals surface area contributed by atoms with Gasteiger partial charge in [0.15, 0.2) is 17.5 Å². The van der Waals surface area contributed by atoms with Gasteiger partial charge in [-0.25, -0.2) is 19.9 Å². The zero-order valence-electron chi connectivity index (χ0n) is 30.9. The van der Waals surface area contributed by atoms with Crippen molar-refractivity contribution in [3.8, 4) is 67.7 Å². The number of para-hydroxylation sites is 1. The number of fused-ring (bicyclic) bond motifs is 8. The summed E-state index contributed by atoms with van der Waals surface area (Å²) in [6, 6.07) is 58.8. The number of nitrogens with zero attached hydrogens (tertiary/aromatic N) is 4. The Morgan fingerprint density at radius 2 is 0.982 bits per heavy atom. The lowest BCUT2D eigenvalue weighted by atomic mass is 9.82. The highest BCUT2D eigenvalue weighted by atomic mass is 16.3. The van der Waals surface area contributed by atoms with Crippen LogP contribution in [0.3, 0.4) is 0 Å². The second kappa shape index (κ2) is 12.4. The van der Waals surface area contributed by atoms with Crippen molar-refractivity contribution in [1.29, 1.82) is 0 Å². The smallest absolute Gasteiger partial charge is 0.164 e. The molecule has 1 aliphatic carbocycles. The van der Waals surface area contributed by atoms with Crippen LogP contribution in [0.1, 0.15) is 25.0 Å². The van der Waals surface area contributed by atoms with Gasteiger partial charge in [-0.2, -0.15) is 0 Å². The standard InChI is InChI=1S/C51H34N4O/c1-51(2)40-21-11-9-18-37(40)39-30-35(28-29-41(39)51)50-54-48(33-16-7-4-8-17-33)53-49(55-50)34-26-24-32(25-27-34)46-45-38-19-10-12-23-43(38)56-47(45)44-36(20-13-22-42(44)52-46)31-14-5-3-6-15-31/h3-30H,1-2H3. The molecule has 3 aromatic heterocycles. The second-order valence-corrected chi connectivity index (χ2v) is 15.0. The van der Waals surface area contributed by atoms with Crippen LogP contribution in [0.25, 0.3) is 101 Å². The lowest BCUT2D eigenvalue weighted by Gasteiger charge is -2.21. The number of hydrogen-bond acceptors (Lipinski definition) is 5. The molecule has 0 bridgehead atoms. The number of benzene rings is 7. The van der Waals surface area contributed by atoms with E-state index in [1.165, 1.54) is 22.3 Å². The molecule has 0 spiro atoms. The Bertz CT molecular complexity index is 3150. The zero-order chi connectivity index (χ0) is 37.4. The van der Waals surface area contributed by atoms with Gasteiger partial charge in [0.2, 0.25) is 0 Å². The van der Waals surface area contributed by atoms with Gasteiger partial charge in [-0.3, -0.25) is 0 Å². The maximum atomic E-state index is 6.69. The van der Waals surface area contributed by atoms with E-state index in [4.69, 9.17) is 24.4 Å². The molecule has 0 saturated heterocycles. The third-order valence-electron chi connectivity index (χ3n) is 11.3. The molecule has 0 amide bonds. The van der Waals surface area contributed by atoms with Crippen LogP contribution in [-0.4, -0.2) is 19.9 Å². The lowest BCUT2D eigenvalue weighted by Crippen LogP contribution is -2.14. The Balaban J connectivity index is 1.06. The molecule has 1 aliphatic rings. The Labute approximate surface area is 324 Å². The first kappa shape index (κ1) is 32.2. The van der Waals surface area contributed by atoms with Gasteiger partial charge in [0.25, 0.3) is 0 Å². The molecule has 10 aromatic rings. The van der Waals surface area contributed by atoms with Crippen molar-refractivity contribution in [1.82, 2.24) is 19.9 Å². The molecule has 0 radical (unpaired) electrons. The summed E-state index contributed by atoms with van der Waals surface area (Å²) in [4.78, 5) is 20.6. The van der Waals surface area contributed by atoms with Gasteiger partial charge in [0.1, 0.15) is 11.2 Å². The van der Waals surface area contributed by atoms with Crippen molar-refractivity contribution < 1.29 is 4.42 Å². The summed E-state index contributed by atoms with van der Waals surface area (Å²) in [5.41, 5.74) is 14.5. The van der Waals surface area contributed by atoms with Crippen LogP contribution in [0, 0.1) is 0 Å². The van der Waals surface area contributed by atoms with Crippen molar-refractivity contribution >= 4 is 32.8 Å². The molecule has 0 unspecified atom stereocenters. The SMILES string of the molecule is CC1(C)c2ccccc2-c2cc(-c3nc(-c4ccccc4)nc(-c4ccc(-c5nc6cccc(-c7ccccc7)c6c6oc7ccccc7c56)cc4)n3)ccc21. The minimum Gasteiger partial charge on any atom is -0.455 e. The molecule has 264 valence electrons. The number of aromatic nitrogens is 4. The van der Waals surface area contributed by atoms with E-state index < -0.39 is 0 Å². The van der Waals surface area contributed by atoms with E-state index in [2.05, 4.69) is 135 Å². The minimum atomic E-state index is -0.0793. The molecular weight excluding hydrogens is 685 g/mol. The molecule has 11 rings (SSSR count). The topological polar surface area (TPSA) is 64.7 Å². The van der Waals surface area contributed by atoms with Crippen LogP contribution in [0.2, 0.25) is 0 Å². The Morgan fingerprint density at radius 3 is 1.75 bits per heavy atom. The predicted molar refractivity (Wildman–Crippen MR) is 227 cm³/mol. The summed E-state index contributed by atoms with van der Waals surface area (Å²) in [5, 5.41) is 3.04. The number of pyridine rings is 1. The summed E-state index contributed by atoms with van der Waals surface area (Å²) < 4.78 is 6.69. The number of hydrogen-bond donors (Lipinski definition) is 0. The van der Waals surface area contributed by atoms with Crippen molar-refractivity contribution in [2.75, 3.05) is 0 Å². The van der Waals surface area contributed by atoms with E-state index in [1.54, 1.807) is 0 Å². The maximum absolute atomic E-state index is 6.69. The molecular formula is C51H34N4O. The van der Waals surface area contributed by atoms with E-state index in [1.807, 2.05) is 48.5 Å². The van der Waals surface area contributed by atoms with Gasteiger partial charge in [-0.05, 0) is 51.6 Å². The number of rotatable bonds is 5. The fourth-order valence-corrected chi connectivity index (χ4v) is 8.56. The van der Waals surface area contributed by atoms with Gasteiger partial charge in [0, 0.05) is 33.1 Å².